The molecule has 0 fully saturated rings. The van der Waals surface area contributed by atoms with Gasteiger partial charge in [0.2, 0.25) is 5.91 Å². The molecule has 0 saturated heterocycles. The van der Waals surface area contributed by atoms with Crippen LogP contribution < -0.4 is 4.74 Å². The van der Waals surface area contributed by atoms with Crippen LogP contribution in [0.4, 0.5) is 0 Å². The molecule has 0 aliphatic rings. The normalized spacial score (nSPS) is 11.1. The molecule has 0 spiro atoms. The average Bonchev–Trinajstić information content (AvgIpc) is 2.51. The predicted molar refractivity (Wildman–Crippen MR) is 94.7 cm³/mol. The maximum atomic E-state index is 12.4. The summed E-state index contributed by atoms with van der Waals surface area (Å²) in [6, 6.07) is 7.50. The van der Waals surface area contributed by atoms with E-state index >= 15 is 0 Å². The predicted octanol–water partition coefficient (Wildman–Crippen LogP) is 3.29. The van der Waals surface area contributed by atoms with Gasteiger partial charge in [0.05, 0.1) is 6.61 Å². The Kier molecular flexibility index (Phi) is 8.02. The molecule has 1 rings (SSSR count). The molecule has 0 heterocycles. The Hall–Kier alpha value is -2.30. The first kappa shape index (κ1) is 19.7. The topological polar surface area (TPSA) is 55.8 Å². The second-order valence-corrected chi connectivity index (χ2v) is 5.90. The molecule has 132 valence electrons. The summed E-state index contributed by atoms with van der Waals surface area (Å²) in [4.78, 5) is 25.6. The van der Waals surface area contributed by atoms with Crippen LogP contribution in [-0.4, -0.2) is 42.1 Å². The maximum Gasteiger partial charge on any atom is 0.344 e. The van der Waals surface area contributed by atoms with E-state index in [1.807, 2.05) is 45.9 Å². The van der Waals surface area contributed by atoms with Crippen molar-refractivity contribution in [2.24, 2.45) is 0 Å². The van der Waals surface area contributed by atoms with Crippen LogP contribution in [0.15, 0.2) is 30.3 Å². The fourth-order valence-electron chi connectivity index (χ4n) is 2.44. The molecule has 0 radical (unpaired) electrons. The van der Waals surface area contributed by atoms with Crippen molar-refractivity contribution < 1.29 is 19.1 Å². The zero-order valence-electron chi connectivity index (χ0n) is 15.1. The Morgan fingerprint density at radius 2 is 1.75 bits per heavy atom. The van der Waals surface area contributed by atoms with E-state index in [1.165, 1.54) is 6.08 Å². The van der Waals surface area contributed by atoms with Crippen LogP contribution in [0, 0.1) is 0 Å². The molecule has 1 aromatic rings. The first-order valence-electron chi connectivity index (χ1n) is 8.24. The van der Waals surface area contributed by atoms with Gasteiger partial charge in [0.15, 0.2) is 6.61 Å². The van der Waals surface area contributed by atoms with Crippen molar-refractivity contribution in [1.82, 2.24) is 4.90 Å². The third-order valence-electron chi connectivity index (χ3n) is 3.34. The van der Waals surface area contributed by atoms with Crippen LogP contribution in [0.25, 0.3) is 6.08 Å². The smallest absolute Gasteiger partial charge is 0.344 e. The molecule has 1 aromatic carbocycles. The Morgan fingerprint density at radius 1 is 1.12 bits per heavy atom. The highest BCUT2D eigenvalue weighted by Gasteiger charge is 2.17. The van der Waals surface area contributed by atoms with Crippen molar-refractivity contribution in [2.45, 2.75) is 46.7 Å². The Morgan fingerprint density at radius 3 is 2.33 bits per heavy atom. The van der Waals surface area contributed by atoms with Gasteiger partial charge in [0, 0.05) is 23.7 Å². The number of carbonyl (C=O) groups excluding carboxylic acids is 2. The van der Waals surface area contributed by atoms with Crippen molar-refractivity contribution in [3.05, 3.63) is 35.9 Å². The minimum absolute atomic E-state index is 0.0554. The van der Waals surface area contributed by atoms with E-state index in [1.54, 1.807) is 24.0 Å². The highest BCUT2D eigenvalue weighted by molar-refractivity contribution is 5.92. The van der Waals surface area contributed by atoms with Gasteiger partial charge in [0.1, 0.15) is 5.75 Å². The largest absolute Gasteiger partial charge is 0.481 e. The lowest BCUT2D eigenvalue weighted by Crippen LogP contribution is -2.41. The van der Waals surface area contributed by atoms with Gasteiger partial charge in [-0.25, -0.2) is 4.79 Å². The molecular formula is C19H27NO4. The summed E-state index contributed by atoms with van der Waals surface area (Å²) in [6.07, 6.45) is 3.24. The molecule has 0 aliphatic heterocycles. The van der Waals surface area contributed by atoms with E-state index in [2.05, 4.69) is 0 Å². The number of carbonyl (C=O) groups is 2. The first-order valence-corrected chi connectivity index (χ1v) is 8.24. The molecule has 0 atom stereocenters. The van der Waals surface area contributed by atoms with E-state index in [0.29, 0.717) is 12.4 Å². The zero-order chi connectivity index (χ0) is 18.1. The van der Waals surface area contributed by atoms with Crippen molar-refractivity contribution >= 4 is 18.0 Å². The van der Waals surface area contributed by atoms with E-state index < -0.39 is 5.97 Å². The SMILES string of the molecule is CCOC(=O)COc1ccccc1/C=C/C(=O)N(C(C)C)C(C)C. The van der Waals surface area contributed by atoms with Gasteiger partial charge in [-0.1, -0.05) is 18.2 Å². The van der Waals surface area contributed by atoms with Gasteiger partial charge in [-0.2, -0.15) is 0 Å². The second kappa shape index (κ2) is 9.75. The molecule has 0 aromatic heterocycles. The van der Waals surface area contributed by atoms with E-state index in [9.17, 15) is 9.59 Å². The lowest BCUT2D eigenvalue weighted by Gasteiger charge is -2.29. The summed E-state index contributed by atoms with van der Waals surface area (Å²) in [5, 5.41) is 0. The summed E-state index contributed by atoms with van der Waals surface area (Å²) in [6.45, 7) is 9.86. The molecule has 0 aliphatic carbocycles. The molecule has 0 bridgehead atoms. The zero-order valence-corrected chi connectivity index (χ0v) is 15.1. The quantitative estimate of drug-likeness (QED) is 0.541. The number of nitrogens with zero attached hydrogens (tertiary/aromatic N) is 1. The number of hydrogen-bond acceptors (Lipinski definition) is 4. The fraction of sp³-hybridized carbons (Fsp3) is 0.474. The summed E-state index contributed by atoms with van der Waals surface area (Å²) in [7, 11) is 0. The van der Waals surface area contributed by atoms with Crippen LogP contribution in [0.5, 0.6) is 5.75 Å². The van der Waals surface area contributed by atoms with Crippen LogP contribution >= 0.6 is 0 Å². The van der Waals surface area contributed by atoms with Gasteiger partial charge in [0.25, 0.3) is 0 Å². The maximum absolute atomic E-state index is 12.4. The van der Waals surface area contributed by atoms with E-state index in [0.717, 1.165) is 5.56 Å². The number of hydrogen-bond donors (Lipinski definition) is 0. The van der Waals surface area contributed by atoms with Crippen molar-refractivity contribution in [3.63, 3.8) is 0 Å². The number of ether oxygens (including phenoxy) is 2. The first-order chi connectivity index (χ1) is 11.4. The summed E-state index contributed by atoms with van der Waals surface area (Å²) >= 11 is 0. The van der Waals surface area contributed by atoms with Gasteiger partial charge < -0.3 is 14.4 Å². The average molecular weight is 333 g/mol. The van der Waals surface area contributed by atoms with E-state index in [4.69, 9.17) is 9.47 Å². The van der Waals surface area contributed by atoms with Gasteiger partial charge >= 0.3 is 5.97 Å². The number of para-hydroxylation sites is 1. The minimum Gasteiger partial charge on any atom is -0.481 e. The van der Waals surface area contributed by atoms with Gasteiger partial charge in [-0.15, -0.1) is 0 Å². The van der Waals surface area contributed by atoms with Gasteiger partial charge in [-0.3, -0.25) is 4.79 Å². The molecule has 5 heteroatoms. The Balaban J connectivity index is 2.83. The monoisotopic (exact) mass is 333 g/mol. The van der Waals surface area contributed by atoms with Crippen molar-refractivity contribution in [2.75, 3.05) is 13.2 Å². The number of benzene rings is 1. The highest BCUT2D eigenvalue weighted by Crippen LogP contribution is 2.20. The molecule has 24 heavy (non-hydrogen) atoms. The third kappa shape index (κ3) is 6.07. The summed E-state index contributed by atoms with van der Waals surface area (Å²) < 4.78 is 10.3. The van der Waals surface area contributed by atoms with Crippen LogP contribution in [0.3, 0.4) is 0 Å². The Labute approximate surface area is 144 Å². The van der Waals surface area contributed by atoms with Crippen LogP contribution in [0.1, 0.15) is 40.2 Å². The fourth-order valence-corrected chi connectivity index (χ4v) is 2.44. The Bertz CT molecular complexity index is 570. The molecule has 0 unspecified atom stereocenters. The van der Waals surface area contributed by atoms with Crippen molar-refractivity contribution in [1.29, 1.82) is 0 Å². The molecule has 0 N–H and O–H groups in total. The summed E-state index contributed by atoms with van der Waals surface area (Å²) in [5.41, 5.74) is 0.739. The molecule has 0 saturated carbocycles. The van der Waals surface area contributed by atoms with Crippen LogP contribution in [-0.2, 0) is 14.3 Å². The lowest BCUT2D eigenvalue weighted by molar-refractivity contribution is -0.145. The highest BCUT2D eigenvalue weighted by atomic mass is 16.6. The lowest BCUT2D eigenvalue weighted by atomic mass is 10.1. The number of esters is 1. The summed E-state index contributed by atoms with van der Waals surface area (Å²) in [5.74, 6) is 0.0635. The van der Waals surface area contributed by atoms with Gasteiger partial charge in [-0.05, 0) is 46.8 Å². The number of amides is 1. The van der Waals surface area contributed by atoms with Crippen LogP contribution in [0.2, 0.25) is 0 Å². The van der Waals surface area contributed by atoms with Crippen molar-refractivity contribution in [3.8, 4) is 5.75 Å². The molecule has 1 amide bonds. The molecule has 5 nitrogen and oxygen atoms in total. The standard InChI is InChI=1S/C19H27NO4/c1-6-23-19(22)13-24-17-10-8-7-9-16(17)11-12-18(21)20(14(2)3)15(4)5/h7-12,14-15H,6,13H2,1-5H3/b12-11+. The molecular weight excluding hydrogens is 306 g/mol. The number of rotatable bonds is 8. The van der Waals surface area contributed by atoms with E-state index in [-0.39, 0.29) is 24.6 Å². The third-order valence-corrected chi connectivity index (χ3v) is 3.34. The minimum atomic E-state index is -0.418. The second-order valence-electron chi connectivity index (χ2n) is 5.90.